The summed E-state index contributed by atoms with van der Waals surface area (Å²) in [6.45, 7) is 2.26. The number of alkyl carbamates (subject to hydrolysis) is 1. The van der Waals surface area contributed by atoms with E-state index < -0.39 is 6.09 Å². The number of nitrogens with zero attached hydrogens (tertiary/aromatic N) is 1. The number of methoxy groups -OCH3 is 1. The number of hydrogen-bond acceptors (Lipinski definition) is 4. The fourth-order valence-electron chi connectivity index (χ4n) is 2.88. The molecule has 0 atom stereocenters. The van der Waals surface area contributed by atoms with E-state index in [2.05, 4.69) is 27.3 Å². The summed E-state index contributed by atoms with van der Waals surface area (Å²) in [7, 11) is 1.30. The predicted molar refractivity (Wildman–Crippen MR) is 123 cm³/mol. The highest BCUT2D eigenvalue weighted by Crippen LogP contribution is 2.24. The molecule has 0 aliphatic heterocycles. The molecule has 0 aliphatic rings. The highest BCUT2D eigenvalue weighted by Gasteiger charge is 2.06. The van der Waals surface area contributed by atoms with Crippen molar-refractivity contribution in [1.29, 1.82) is 0 Å². The van der Waals surface area contributed by atoms with Crippen molar-refractivity contribution in [2.75, 3.05) is 12.4 Å². The first-order valence-electron chi connectivity index (χ1n) is 10.4. The number of anilines is 1. The molecule has 28 heavy (non-hydrogen) atoms. The van der Waals surface area contributed by atoms with Crippen molar-refractivity contribution in [2.45, 2.75) is 77.6 Å². The lowest BCUT2D eigenvalue weighted by Gasteiger charge is -2.10. The minimum atomic E-state index is -0.598. The molecule has 5 nitrogen and oxygen atoms in total. The number of hydrogen-bond donors (Lipinski definition) is 2. The molecule has 1 rings (SSSR count). The van der Waals surface area contributed by atoms with Crippen LogP contribution in [-0.2, 0) is 4.74 Å². The number of aliphatic imine (C=N–C) groups is 1. The average Bonchev–Trinajstić information content (AvgIpc) is 2.69. The van der Waals surface area contributed by atoms with Crippen molar-refractivity contribution in [3.63, 3.8) is 0 Å². The third-order valence-electron chi connectivity index (χ3n) is 4.47. The van der Waals surface area contributed by atoms with Crippen LogP contribution in [0.15, 0.2) is 29.3 Å². The first-order valence-corrected chi connectivity index (χ1v) is 10.9. The number of para-hydroxylation sites is 2. The van der Waals surface area contributed by atoms with Gasteiger partial charge in [-0.2, -0.15) is 0 Å². The summed E-state index contributed by atoms with van der Waals surface area (Å²) in [4.78, 5) is 15.7. The molecule has 6 heteroatoms. The maximum Gasteiger partial charge on any atom is 0.413 e. The lowest BCUT2D eigenvalue weighted by molar-refractivity contribution is 0.177. The number of nitrogens with one attached hydrogen (secondary N) is 2. The lowest BCUT2D eigenvalue weighted by atomic mass is 10.1. The summed E-state index contributed by atoms with van der Waals surface area (Å²) < 4.78 is 4.53. The van der Waals surface area contributed by atoms with Gasteiger partial charge in [0.1, 0.15) is 0 Å². The van der Waals surface area contributed by atoms with Crippen LogP contribution >= 0.6 is 12.2 Å². The van der Waals surface area contributed by atoms with E-state index in [1.165, 1.54) is 64.9 Å². The first kappa shape index (κ1) is 24.1. The molecule has 0 radical (unpaired) electrons. The van der Waals surface area contributed by atoms with E-state index in [-0.39, 0.29) is 5.11 Å². The van der Waals surface area contributed by atoms with Crippen LogP contribution in [0.5, 0.6) is 0 Å². The number of carbonyl (C=O) groups excluding carboxylic acids is 1. The fraction of sp³-hybridized carbons (Fsp3) is 0.591. The van der Waals surface area contributed by atoms with E-state index in [1.54, 1.807) is 0 Å². The molecule has 1 aromatic carbocycles. The summed E-state index contributed by atoms with van der Waals surface area (Å²) in [6, 6.07) is 7.61. The second-order valence-electron chi connectivity index (χ2n) is 6.87. The van der Waals surface area contributed by atoms with Gasteiger partial charge in [-0.3, -0.25) is 10.3 Å². The zero-order valence-corrected chi connectivity index (χ0v) is 18.2. The number of unbranched alkanes of at least 4 members (excludes halogenated alkanes) is 10. The second kappa shape index (κ2) is 16.0. The van der Waals surface area contributed by atoms with Gasteiger partial charge in [-0.15, -0.1) is 0 Å². The summed E-state index contributed by atoms with van der Waals surface area (Å²) >= 11 is 5.10. The number of benzene rings is 1. The standard InChI is InChI=1S/C22H35N3O2S/c1-3-4-5-6-7-8-9-10-11-12-15-18-23-19-16-13-14-17-20(19)24-21(28)25-22(26)27-2/h13-14,16-18H,3-12,15H2,1-2H3,(H2,24,25,26,28). The monoisotopic (exact) mass is 405 g/mol. The molecule has 156 valence electrons. The van der Waals surface area contributed by atoms with Crippen LogP contribution in [0.1, 0.15) is 77.6 Å². The summed E-state index contributed by atoms with van der Waals surface area (Å²) in [5.41, 5.74) is 1.55. The van der Waals surface area contributed by atoms with Crippen molar-refractivity contribution in [2.24, 2.45) is 4.99 Å². The van der Waals surface area contributed by atoms with Gasteiger partial charge in [-0.05, 0) is 37.2 Å². The van der Waals surface area contributed by atoms with Gasteiger partial charge in [0, 0.05) is 6.21 Å². The zero-order chi connectivity index (χ0) is 20.5. The molecule has 0 fully saturated rings. The van der Waals surface area contributed by atoms with E-state index in [1.807, 2.05) is 30.5 Å². The number of ether oxygens (including phenoxy) is 1. The highest BCUT2D eigenvalue weighted by atomic mass is 32.1. The number of carbonyl (C=O) groups is 1. The van der Waals surface area contributed by atoms with Crippen molar-refractivity contribution < 1.29 is 9.53 Å². The molecular formula is C22H35N3O2S. The average molecular weight is 406 g/mol. The Labute approximate surface area is 175 Å². The zero-order valence-electron chi connectivity index (χ0n) is 17.3. The molecule has 1 amide bonds. The first-order chi connectivity index (χ1) is 13.7. The van der Waals surface area contributed by atoms with E-state index in [4.69, 9.17) is 12.2 Å². The Hall–Kier alpha value is -1.95. The Morgan fingerprint density at radius 1 is 1.04 bits per heavy atom. The predicted octanol–water partition coefficient (Wildman–Crippen LogP) is 6.75. The Morgan fingerprint density at radius 3 is 2.29 bits per heavy atom. The molecule has 0 bridgehead atoms. The molecule has 0 aliphatic carbocycles. The molecule has 0 spiro atoms. The SMILES string of the molecule is CCCCCCCCCCCCC=Nc1ccccc1NC(=S)NC(=O)OC. The van der Waals surface area contributed by atoms with Gasteiger partial charge in [0.15, 0.2) is 5.11 Å². The van der Waals surface area contributed by atoms with E-state index in [9.17, 15) is 4.79 Å². The number of amides is 1. The number of thiocarbonyl (C=S) groups is 1. The third kappa shape index (κ3) is 11.7. The van der Waals surface area contributed by atoms with Crippen LogP contribution in [0, 0.1) is 0 Å². The summed E-state index contributed by atoms with van der Waals surface area (Å²) in [5.74, 6) is 0. The molecule has 0 saturated heterocycles. The van der Waals surface area contributed by atoms with Gasteiger partial charge in [-0.1, -0.05) is 76.8 Å². The highest BCUT2D eigenvalue weighted by molar-refractivity contribution is 7.80. The van der Waals surface area contributed by atoms with E-state index in [0.717, 1.165) is 24.2 Å². The molecular weight excluding hydrogens is 370 g/mol. The molecule has 0 saturated carbocycles. The smallest absolute Gasteiger partial charge is 0.413 e. The second-order valence-corrected chi connectivity index (χ2v) is 7.28. The molecule has 0 heterocycles. The molecule has 0 aromatic heterocycles. The minimum Gasteiger partial charge on any atom is -0.453 e. The lowest BCUT2D eigenvalue weighted by Crippen LogP contribution is -2.33. The molecule has 2 N–H and O–H groups in total. The van der Waals surface area contributed by atoms with Crippen molar-refractivity contribution in [1.82, 2.24) is 5.32 Å². The maximum atomic E-state index is 11.2. The number of rotatable bonds is 13. The van der Waals surface area contributed by atoms with Gasteiger partial charge in [0.05, 0.1) is 18.5 Å². The van der Waals surface area contributed by atoms with Crippen LogP contribution in [0.4, 0.5) is 16.2 Å². The normalized spacial score (nSPS) is 10.8. The van der Waals surface area contributed by atoms with Gasteiger partial charge >= 0.3 is 6.09 Å². The fourth-order valence-corrected chi connectivity index (χ4v) is 3.07. The van der Waals surface area contributed by atoms with Gasteiger partial charge < -0.3 is 10.1 Å². The van der Waals surface area contributed by atoms with Gasteiger partial charge in [0.25, 0.3) is 0 Å². The van der Waals surface area contributed by atoms with Crippen molar-refractivity contribution in [3.05, 3.63) is 24.3 Å². The quantitative estimate of drug-likeness (QED) is 0.216. The topological polar surface area (TPSA) is 62.7 Å². The van der Waals surface area contributed by atoms with Gasteiger partial charge in [-0.25, -0.2) is 4.79 Å². The summed E-state index contributed by atoms with van der Waals surface area (Å²) in [5, 5.41) is 5.59. The van der Waals surface area contributed by atoms with Crippen molar-refractivity contribution in [3.8, 4) is 0 Å². The van der Waals surface area contributed by atoms with Crippen LogP contribution < -0.4 is 10.6 Å². The van der Waals surface area contributed by atoms with E-state index in [0.29, 0.717) is 0 Å². The van der Waals surface area contributed by atoms with Crippen molar-refractivity contribution >= 4 is 41.0 Å². The summed E-state index contributed by atoms with van der Waals surface area (Å²) in [6.07, 6.45) is 15.7. The largest absolute Gasteiger partial charge is 0.453 e. The van der Waals surface area contributed by atoms with Crippen LogP contribution in [0.25, 0.3) is 0 Å². The van der Waals surface area contributed by atoms with Crippen LogP contribution in [0.3, 0.4) is 0 Å². The van der Waals surface area contributed by atoms with Crippen LogP contribution in [0.2, 0.25) is 0 Å². The van der Waals surface area contributed by atoms with E-state index >= 15 is 0 Å². The Bertz CT molecular complexity index is 605. The Morgan fingerprint density at radius 2 is 1.64 bits per heavy atom. The maximum absolute atomic E-state index is 11.2. The Kier molecular flexibility index (Phi) is 13.8. The van der Waals surface area contributed by atoms with Crippen LogP contribution in [-0.4, -0.2) is 24.5 Å². The van der Waals surface area contributed by atoms with Gasteiger partial charge in [0.2, 0.25) is 0 Å². The molecule has 1 aromatic rings. The Balaban J connectivity index is 2.22. The minimum absolute atomic E-state index is 0.184. The molecule has 0 unspecified atom stereocenters. The third-order valence-corrected chi connectivity index (χ3v) is 4.67.